The van der Waals surface area contributed by atoms with E-state index in [0.29, 0.717) is 0 Å². The van der Waals surface area contributed by atoms with Crippen molar-refractivity contribution in [1.82, 2.24) is 0 Å². The van der Waals surface area contributed by atoms with Crippen LogP contribution in [0.3, 0.4) is 0 Å². The molecule has 0 heterocycles. The van der Waals surface area contributed by atoms with Gasteiger partial charge in [0.25, 0.3) is 0 Å². The van der Waals surface area contributed by atoms with E-state index in [-0.39, 0.29) is 29.9 Å². The SMILES string of the molecule is CCCCOC(=O)c1cc(C(=O)O)cc(C(=O)OCCCC)c1. The van der Waals surface area contributed by atoms with E-state index < -0.39 is 17.9 Å². The molecule has 1 rings (SSSR count). The molecule has 0 unspecified atom stereocenters. The maximum absolute atomic E-state index is 12.0. The molecule has 0 aliphatic heterocycles. The first-order valence-corrected chi connectivity index (χ1v) is 7.72. The third-order valence-electron chi connectivity index (χ3n) is 3.11. The zero-order chi connectivity index (χ0) is 17.2. The molecule has 126 valence electrons. The quantitative estimate of drug-likeness (QED) is 0.554. The van der Waals surface area contributed by atoms with Crippen LogP contribution in [0.25, 0.3) is 0 Å². The van der Waals surface area contributed by atoms with Gasteiger partial charge in [-0.2, -0.15) is 0 Å². The Morgan fingerprint density at radius 3 is 1.57 bits per heavy atom. The number of benzene rings is 1. The normalized spacial score (nSPS) is 10.2. The number of hydrogen-bond donors (Lipinski definition) is 1. The summed E-state index contributed by atoms with van der Waals surface area (Å²) in [5.41, 5.74) is -0.0933. The summed E-state index contributed by atoms with van der Waals surface area (Å²) >= 11 is 0. The smallest absolute Gasteiger partial charge is 0.338 e. The third-order valence-corrected chi connectivity index (χ3v) is 3.11. The zero-order valence-electron chi connectivity index (χ0n) is 13.5. The number of aromatic carboxylic acids is 1. The molecule has 23 heavy (non-hydrogen) atoms. The van der Waals surface area contributed by atoms with Crippen LogP contribution in [0.5, 0.6) is 0 Å². The first kappa shape index (κ1) is 18.7. The van der Waals surface area contributed by atoms with Crippen molar-refractivity contribution in [3.63, 3.8) is 0 Å². The summed E-state index contributed by atoms with van der Waals surface area (Å²) in [4.78, 5) is 35.1. The van der Waals surface area contributed by atoms with Crippen LogP contribution in [-0.2, 0) is 9.47 Å². The van der Waals surface area contributed by atoms with E-state index in [4.69, 9.17) is 14.6 Å². The number of rotatable bonds is 9. The number of carbonyl (C=O) groups excluding carboxylic acids is 2. The van der Waals surface area contributed by atoms with Crippen LogP contribution < -0.4 is 0 Å². The van der Waals surface area contributed by atoms with Crippen molar-refractivity contribution < 1.29 is 29.0 Å². The Balaban J connectivity index is 2.95. The van der Waals surface area contributed by atoms with Crippen molar-refractivity contribution in [1.29, 1.82) is 0 Å². The molecular weight excluding hydrogens is 300 g/mol. The minimum absolute atomic E-state index is 0.0310. The number of esters is 2. The van der Waals surface area contributed by atoms with Gasteiger partial charge in [-0.15, -0.1) is 0 Å². The molecule has 0 radical (unpaired) electrons. The second-order valence-corrected chi connectivity index (χ2v) is 5.08. The standard InChI is InChI=1S/C17H22O6/c1-3-5-7-22-16(20)13-9-12(15(18)19)10-14(11-13)17(21)23-8-6-4-2/h9-11H,3-8H2,1-2H3,(H,18,19). The predicted molar refractivity (Wildman–Crippen MR) is 83.8 cm³/mol. The summed E-state index contributed by atoms with van der Waals surface area (Å²) < 4.78 is 10.1. The molecule has 1 aromatic carbocycles. The van der Waals surface area contributed by atoms with E-state index in [9.17, 15) is 14.4 Å². The molecule has 0 aromatic heterocycles. The van der Waals surface area contributed by atoms with Crippen molar-refractivity contribution in [2.24, 2.45) is 0 Å². The van der Waals surface area contributed by atoms with Gasteiger partial charge in [0.1, 0.15) is 0 Å². The number of carboxylic acid groups (broad SMARTS) is 1. The van der Waals surface area contributed by atoms with Crippen molar-refractivity contribution in [3.8, 4) is 0 Å². The van der Waals surface area contributed by atoms with E-state index in [2.05, 4.69) is 0 Å². The fourth-order valence-corrected chi connectivity index (χ4v) is 1.77. The van der Waals surface area contributed by atoms with E-state index in [0.717, 1.165) is 25.7 Å². The lowest BCUT2D eigenvalue weighted by Gasteiger charge is -2.08. The molecule has 1 aromatic rings. The molecule has 0 atom stereocenters. The van der Waals surface area contributed by atoms with Crippen LogP contribution in [0.15, 0.2) is 18.2 Å². The Morgan fingerprint density at radius 2 is 1.22 bits per heavy atom. The average molecular weight is 322 g/mol. The monoisotopic (exact) mass is 322 g/mol. The minimum atomic E-state index is -1.23. The van der Waals surface area contributed by atoms with Gasteiger partial charge in [0.15, 0.2) is 0 Å². The summed E-state index contributed by atoms with van der Waals surface area (Å²) in [6.45, 7) is 4.43. The zero-order valence-corrected chi connectivity index (χ0v) is 13.5. The van der Waals surface area contributed by atoms with Gasteiger partial charge in [0.05, 0.1) is 29.9 Å². The van der Waals surface area contributed by atoms with Gasteiger partial charge in [-0.1, -0.05) is 26.7 Å². The summed E-state index contributed by atoms with van der Waals surface area (Å²) in [6, 6.07) is 3.69. The largest absolute Gasteiger partial charge is 0.478 e. The molecule has 0 aliphatic rings. The minimum Gasteiger partial charge on any atom is -0.478 e. The van der Waals surface area contributed by atoms with Gasteiger partial charge >= 0.3 is 17.9 Å². The summed E-state index contributed by atoms with van der Waals surface area (Å²) in [7, 11) is 0. The van der Waals surface area contributed by atoms with Crippen LogP contribution in [0.1, 0.15) is 70.6 Å². The van der Waals surface area contributed by atoms with Gasteiger partial charge in [0, 0.05) is 0 Å². The van der Waals surface area contributed by atoms with Crippen LogP contribution in [0.4, 0.5) is 0 Å². The highest BCUT2D eigenvalue weighted by molar-refractivity contribution is 6.00. The highest BCUT2D eigenvalue weighted by atomic mass is 16.5. The van der Waals surface area contributed by atoms with Crippen LogP contribution >= 0.6 is 0 Å². The van der Waals surface area contributed by atoms with Gasteiger partial charge in [-0.25, -0.2) is 14.4 Å². The number of ether oxygens (including phenoxy) is 2. The third kappa shape index (κ3) is 6.10. The van der Waals surface area contributed by atoms with Crippen LogP contribution in [-0.4, -0.2) is 36.2 Å². The van der Waals surface area contributed by atoms with Crippen molar-refractivity contribution >= 4 is 17.9 Å². The Kier molecular flexibility index (Phi) is 7.80. The lowest BCUT2D eigenvalue weighted by molar-refractivity contribution is 0.0498. The van der Waals surface area contributed by atoms with Crippen molar-refractivity contribution in [3.05, 3.63) is 34.9 Å². The topological polar surface area (TPSA) is 89.9 Å². The van der Waals surface area contributed by atoms with E-state index in [1.165, 1.54) is 18.2 Å². The molecule has 0 amide bonds. The summed E-state index contributed by atoms with van der Waals surface area (Å²) in [5, 5.41) is 9.12. The van der Waals surface area contributed by atoms with E-state index in [1.807, 2.05) is 13.8 Å². The lowest BCUT2D eigenvalue weighted by Crippen LogP contribution is -2.12. The molecule has 0 saturated heterocycles. The molecular formula is C17H22O6. The number of carbonyl (C=O) groups is 3. The summed E-state index contributed by atoms with van der Waals surface area (Å²) in [6.07, 6.45) is 3.18. The summed E-state index contributed by atoms with van der Waals surface area (Å²) in [5.74, 6) is -2.52. The predicted octanol–water partition coefficient (Wildman–Crippen LogP) is 3.30. The number of carboxylic acids is 1. The van der Waals surface area contributed by atoms with Crippen LogP contribution in [0.2, 0.25) is 0 Å². The van der Waals surface area contributed by atoms with Gasteiger partial charge in [-0.3, -0.25) is 0 Å². The van der Waals surface area contributed by atoms with Gasteiger partial charge < -0.3 is 14.6 Å². The van der Waals surface area contributed by atoms with Gasteiger partial charge in [0.2, 0.25) is 0 Å². The Bertz CT molecular complexity index is 524. The van der Waals surface area contributed by atoms with Crippen LogP contribution in [0, 0.1) is 0 Å². The number of hydrogen-bond acceptors (Lipinski definition) is 5. The first-order chi connectivity index (χ1) is 11.0. The average Bonchev–Trinajstić information content (AvgIpc) is 2.54. The molecule has 0 saturated carbocycles. The molecule has 6 nitrogen and oxygen atoms in total. The Morgan fingerprint density at radius 1 is 0.826 bits per heavy atom. The number of unbranched alkanes of at least 4 members (excludes halogenated alkanes) is 2. The maximum Gasteiger partial charge on any atom is 0.338 e. The molecule has 6 heteroatoms. The van der Waals surface area contributed by atoms with Crippen molar-refractivity contribution in [2.75, 3.05) is 13.2 Å². The Labute approximate surface area is 135 Å². The first-order valence-electron chi connectivity index (χ1n) is 7.72. The molecule has 0 bridgehead atoms. The Hall–Kier alpha value is -2.37. The van der Waals surface area contributed by atoms with Crippen molar-refractivity contribution in [2.45, 2.75) is 39.5 Å². The lowest BCUT2D eigenvalue weighted by atomic mass is 10.1. The fourth-order valence-electron chi connectivity index (χ4n) is 1.77. The molecule has 0 fully saturated rings. The molecule has 1 N–H and O–H groups in total. The highest BCUT2D eigenvalue weighted by Gasteiger charge is 2.17. The van der Waals surface area contributed by atoms with Gasteiger partial charge in [-0.05, 0) is 31.0 Å². The maximum atomic E-state index is 12.0. The fraction of sp³-hybridized carbons (Fsp3) is 0.471. The second kappa shape index (κ2) is 9.61. The second-order valence-electron chi connectivity index (χ2n) is 5.08. The molecule has 0 aliphatic carbocycles. The highest BCUT2D eigenvalue weighted by Crippen LogP contribution is 2.14. The van der Waals surface area contributed by atoms with E-state index in [1.54, 1.807) is 0 Å². The molecule has 0 spiro atoms. The van der Waals surface area contributed by atoms with E-state index >= 15 is 0 Å².